The van der Waals surface area contributed by atoms with Gasteiger partial charge in [0.1, 0.15) is 11.4 Å². The van der Waals surface area contributed by atoms with E-state index in [2.05, 4.69) is 17.3 Å². The van der Waals surface area contributed by atoms with Crippen molar-refractivity contribution in [3.8, 4) is 0 Å². The van der Waals surface area contributed by atoms with E-state index in [0.29, 0.717) is 21.4 Å². The number of hydrogen-bond donors (Lipinski definition) is 1. The minimum absolute atomic E-state index is 0.0198. The first-order chi connectivity index (χ1) is 14.7. The zero-order valence-corrected chi connectivity index (χ0v) is 19.5. The minimum Gasteiger partial charge on any atom is -0.367 e. The summed E-state index contributed by atoms with van der Waals surface area (Å²) >= 11 is 12.9. The zero-order chi connectivity index (χ0) is 22.4. The van der Waals surface area contributed by atoms with Crippen molar-refractivity contribution < 1.29 is 0 Å². The van der Waals surface area contributed by atoms with Crippen LogP contribution in [-0.2, 0) is 6.54 Å². The predicted molar refractivity (Wildman–Crippen MR) is 129 cm³/mol. The van der Waals surface area contributed by atoms with E-state index in [4.69, 9.17) is 23.2 Å². The van der Waals surface area contributed by atoms with E-state index in [-0.39, 0.29) is 12.0 Å². The van der Waals surface area contributed by atoms with Crippen LogP contribution >= 0.6 is 23.2 Å². The third-order valence-electron chi connectivity index (χ3n) is 6.10. The first-order valence-electron chi connectivity index (χ1n) is 10.3. The first kappa shape index (κ1) is 21.9. The lowest BCUT2D eigenvalue weighted by atomic mass is 9.84. The number of fused-ring (bicyclic) bond motifs is 1. The average Bonchev–Trinajstić information content (AvgIpc) is 2.73. The summed E-state index contributed by atoms with van der Waals surface area (Å²) in [6.07, 6.45) is 0. The Bertz CT molecular complexity index is 1210. The average molecular weight is 458 g/mol. The summed E-state index contributed by atoms with van der Waals surface area (Å²) in [6.45, 7) is 5.50. The third-order valence-corrected chi connectivity index (χ3v) is 6.66. The fourth-order valence-corrected chi connectivity index (χ4v) is 4.82. The molecule has 0 spiro atoms. The van der Waals surface area contributed by atoms with Crippen molar-refractivity contribution in [1.29, 1.82) is 0 Å². The molecule has 1 aliphatic heterocycles. The summed E-state index contributed by atoms with van der Waals surface area (Å²) in [5.74, 6) is 0.0198. The Labute approximate surface area is 191 Å². The molecule has 0 saturated carbocycles. The Morgan fingerprint density at radius 3 is 2.52 bits per heavy atom. The number of hydrogen-bond acceptors (Lipinski definition) is 5. The van der Waals surface area contributed by atoms with Crippen molar-refractivity contribution in [3.05, 3.63) is 83.6 Å². The molecule has 1 heterocycles. The van der Waals surface area contributed by atoms with Gasteiger partial charge in [-0.2, -0.15) is 0 Å². The smallest absolute Gasteiger partial charge is 0.253 e. The van der Waals surface area contributed by atoms with E-state index >= 15 is 0 Å². The molecule has 0 aromatic heterocycles. The molecule has 0 fully saturated rings. The highest BCUT2D eigenvalue weighted by Gasteiger charge is 2.30. The van der Waals surface area contributed by atoms with Crippen LogP contribution in [0.25, 0.3) is 0 Å². The van der Waals surface area contributed by atoms with Crippen molar-refractivity contribution >= 4 is 40.3 Å². The highest BCUT2D eigenvalue weighted by molar-refractivity contribution is 6.35. The van der Waals surface area contributed by atoms with Gasteiger partial charge in [0.25, 0.3) is 10.9 Å². The Kier molecular flexibility index (Phi) is 5.86. The van der Waals surface area contributed by atoms with E-state index < -0.39 is 10.9 Å². The summed E-state index contributed by atoms with van der Waals surface area (Å²) in [5, 5.41) is 4.53. The molecule has 162 valence electrons. The van der Waals surface area contributed by atoms with Gasteiger partial charge in [-0.3, -0.25) is 9.59 Å². The molecule has 3 aromatic rings. The Hall–Kier alpha value is -2.34. The molecule has 0 amide bonds. The molecule has 1 atom stereocenters. The quantitative estimate of drug-likeness (QED) is 0.559. The summed E-state index contributed by atoms with van der Waals surface area (Å²) in [5.41, 5.74) is 3.84. The molecular formula is C24H25Cl2N3O2. The van der Waals surface area contributed by atoms with Crippen LogP contribution in [0, 0.1) is 0 Å². The number of para-hydroxylation sites is 1. The molecule has 4 rings (SSSR count). The van der Waals surface area contributed by atoms with Crippen LogP contribution in [0.15, 0.2) is 46.0 Å². The second-order valence-electron chi connectivity index (χ2n) is 8.50. The van der Waals surface area contributed by atoms with Gasteiger partial charge in [0.15, 0.2) is 0 Å². The van der Waals surface area contributed by atoms with Crippen LogP contribution in [0.2, 0.25) is 10.0 Å². The Balaban J connectivity index is 1.79. The predicted octanol–water partition coefficient (Wildman–Crippen LogP) is 4.75. The lowest BCUT2D eigenvalue weighted by Gasteiger charge is -2.34. The molecule has 0 unspecified atom stereocenters. The molecule has 1 aliphatic rings. The summed E-state index contributed by atoms with van der Waals surface area (Å²) in [6, 6.07) is 11.7. The van der Waals surface area contributed by atoms with E-state index in [1.165, 1.54) is 0 Å². The first-order valence-corrected chi connectivity index (χ1v) is 11.0. The topological polar surface area (TPSA) is 52.6 Å². The number of nitrogens with zero attached hydrogens (tertiary/aromatic N) is 2. The van der Waals surface area contributed by atoms with Crippen LogP contribution in [0.5, 0.6) is 0 Å². The fourth-order valence-electron chi connectivity index (χ4n) is 4.25. The van der Waals surface area contributed by atoms with Crippen LogP contribution in [0.4, 0.5) is 17.1 Å². The molecule has 0 saturated heterocycles. The van der Waals surface area contributed by atoms with Crippen molar-refractivity contribution in [2.45, 2.75) is 32.4 Å². The standard InChI is InChI=1S/C24H25Cl2N3O2/c1-13(2)29(4)22-21(23(30)24(22)31)27-20-8-6-5-7-15(20)17-11-28(3)12-18-16(17)9-14(25)10-19(18)26/h5-10,13,17,27H,11-12H2,1-4H3/t17-/m0/s1. The van der Waals surface area contributed by atoms with Gasteiger partial charge in [-0.05, 0) is 55.8 Å². The maximum Gasteiger partial charge on any atom is 0.253 e. The highest BCUT2D eigenvalue weighted by Crippen LogP contribution is 2.41. The molecule has 0 radical (unpaired) electrons. The van der Waals surface area contributed by atoms with Gasteiger partial charge in [0.2, 0.25) is 0 Å². The second kappa shape index (κ2) is 8.30. The van der Waals surface area contributed by atoms with Gasteiger partial charge in [0, 0.05) is 47.8 Å². The minimum atomic E-state index is -0.482. The Morgan fingerprint density at radius 1 is 1.10 bits per heavy atom. The number of nitrogens with one attached hydrogen (secondary N) is 1. The molecular weight excluding hydrogens is 433 g/mol. The van der Waals surface area contributed by atoms with Gasteiger partial charge in [0.05, 0.1) is 0 Å². The molecule has 31 heavy (non-hydrogen) atoms. The molecule has 1 N–H and O–H groups in total. The van der Waals surface area contributed by atoms with Gasteiger partial charge in [-0.1, -0.05) is 41.4 Å². The number of rotatable bonds is 5. The third kappa shape index (κ3) is 3.86. The number of anilines is 3. The maximum absolute atomic E-state index is 12.4. The molecule has 7 heteroatoms. The van der Waals surface area contributed by atoms with Crippen molar-refractivity contribution in [1.82, 2.24) is 4.90 Å². The lowest BCUT2D eigenvalue weighted by Crippen LogP contribution is -2.43. The van der Waals surface area contributed by atoms with E-state index in [9.17, 15) is 9.59 Å². The number of halogens is 2. The van der Waals surface area contributed by atoms with Gasteiger partial charge < -0.3 is 15.1 Å². The van der Waals surface area contributed by atoms with Gasteiger partial charge in [-0.15, -0.1) is 0 Å². The zero-order valence-electron chi connectivity index (χ0n) is 18.0. The number of likely N-dealkylation sites (N-methyl/N-ethyl adjacent to an activating group) is 1. The van der Waals surface area contributed by atoms with Gasteiger partial charge >= 0.3 is 0 Å². The molecule has 0 aliphatic carbocycles. The van der Waals surface area contributed by atoms with E-state index in [1.807, 2.05) is 56.1 Å². The van der Waals surface area contributed by atoms with Crippen LogP contribution < -0.4 is 21.1 Å². The van der Waals surface area contributed by atoms with Crippen molar-refractivity contribution in [2.75, 3.05) is 30.9 Å². The number of benzene rings is 2. The van der Waals surface area contributed by atoms with Gasteiger partial charge in [-0.25, -0.2) is 0 Å². The molecule has 0 bridgehead atoms. The summed E-state index contributed by atoms with van der Waals surface area (Å²) in [7, 11) is 3.89. The van der Waals surface area contributed by atoms with Crippen molar-refractivity contribution in [3.63, 3.8) is 0 Å². The van der Waals surface area contributed by atoms with E-state index in [0.717, 1.165) is 35.5 Å². The fraction of sp³-hybridized carbons (Fsp3) is 0.333. The highest BCUT2D eigenvalue weighted by atomic mass is 35.5. The summed E-state index contributed by atoms with van der Waals surface area (Å²) < 4.78 is 0. The SMILES string of the molecule is CC(C)N(C)c1c(Nc2ccccc2[C@@H]2CN(C)Cc3c(Cl)cc(Cl)cc32)c(=O)c1=O. The monoisotopic (exact) mass is 457 g/mol. The van der Waals surface area contributed by atoms with E-state index in [1.54, 1.807) is 6.07 Å². The second-order valence-corrected chi connectivity index (χ2v) is 9.35. The van der Waals surface area contributed by atoms with Crippen LogP contribution in [0.3, 0.4) is 0 Å². The summed E-state index contributed by atoms with van der Waals surface area (Å²) in [4.78, 5) is 28.7. The normalized spacial score (nSPS) is 16.5. The Morgan fingerprint density at radius 2 is 1.81 bits per heavy atom. The maximum atomic E-state index is 12.4. The van der Waals surface area contributed by atoms with Crippen LogP contribution in [0.1, 0.15) is 36.5 Å². The van der Waals surface area contributed by atoms with Crippen molar-refractivity contribution in [2.24, 2.45) is 0 Å². The van der Waals surface area contributed by atoms with Crippen LogP contribution in [-0.4, -0.2) is 31.6 Å². The lowest BCUT2D eigenvalue weighted by molar-refractivity contribution is 0.295. The largest absolute Gasteiger partial charge is 0.367 e. The molecule has 3 aromatic carbocycles. The molecule has 5 nitrogen and oxygen atoms in total.